The summed E-state index contributed by atoms with van der Waals surface area (Å²) >= 11 is 5.99. The second-order valence-corrected chi connectivity index (χ2v) is 6.98. The number of carbonyl (C=O) groups is 1. The van der Waals surface area contributed by atoms with Crippen LogP contribution < -0.4 is 5.32 Å². The first-order valence-electron chi connectivity index (χ1n) is 8.72. The highest BCUT2D eigenvalue weighted by Crippen LogP contribution is 2.18. The van der Waals surface area contributed by atoms with Crippen LogP contribution in [0.2, 0.25) is 5.02 Å². The normalized spacial score (nSPS) is 15.2. The number of hydrogen-bond donors (Lipinski definition) is 1. The molecule has 2 aromatic rings. The lowest BCUT2D eigenvalue weighted by atomic mass is 9.99. The van der Waals surface area contributed by atoms with E-state index in [1.54, 1.807) is 12.3 Å². The van der Waals surface area contributed by atoms with Gasteiger partial charge in [0.25, 0.3) is 5.91 Å². The van der Waals surface area contributed by atoms with Gasteiger partial charge in [0.05, 0.1) is 0 Å². The Hall–Kier alpha value is -2.14. The van der Waals surface area contributed by atoms with Crippen molar-refractivity contribution in [2.24, 2.45) is 5.92 Å². The summed E-state index contributed by atoms with van der Waals surface area (Å²) in [5.41, 5.74) is 1.60. The summed E-state index contributed by atoms with van der Waals surface area (Å²) in [6.45, 7) is 4.52. The van der Waals surface area contributed by atoms with Crippen LogP contribution in [0.15, 0.2) is 36.5 Å². The summed E-state index contributed by atoms with van der Waals surface area (Å²) < 4.78 is 0. The fraction of sp³-hybridized carbons (Fsp3) is 0.421. The molecule has 25 heavy (non-hydrogen) atoms. The van der Waals surface area contributed by atoms with E-state index in [1.165, 1.54) is 0 Å². The van der Waals surface area contributed by atoms with Crippen LogP contribution in [0.3, 0.4) is 0 Å². The highest BCUT2D eigenvalue weighted by atomic mass is 35.5. The molecule has 6 heteroatoms. The predicted octanol–water partition coefficient (Wildman–Crippen LogP) is 3.66. The molecule has 0 radical (unpaired) electrons. The Labute approximate surface area is 153 Å². The third-order valence-corrected chi connectivity index (χ3v) is 4.77. The fourth-order valence-electron chi connectivity index (χ4n) is 2.95. The van der Waals surface area contributed by atoms with Crippen molar-refractivity contribution in [1.29, 1.82) is 0 Å². The van der Waals surface area contributed by atoms with Gasteiger partial charge in [-0.1, -0.05) is 30.7 Å². The number of rotatable bonds is 5. The van der Waals surface area contributed by atoms with Gasteiger partial charge in [0.2, 0.25) is 5.95 Å². The number of amides is 1. The molecule has 0 bridgehead atoms. The topological polar surface area (TPSA) is 58.1 Å². The number of anilines is 1. The lowest BCUT2D eigenvalue weighted by Crippen LogP contribution is -2.38. The number of nitrogens with one attached hydrogen (secondary N) is 1. The third-order valence-electron chi connectivity index (χ3n) is 4.53. The van der Waals surface area contributed by atoms with Gasteiger partial charge in [-0.3, -0.25) is 4.79 Å². The number of nitrogens with zero attached hydrogens (tertiary/aromatic N) is 3. The van der Waals surface area contributed by atoms with Crippen molar-refractivity contribution in [1.82, 2.24) is 14.9 Å². The molecule has 1 saturated heterocycles. The smallest absolute Gasteiger partial charge is 0.272 e. The number of carbonyl (C=O) groups excluding carboxylic acids is 1. The highest BCUT2D eigenvalue weighted by Gasteiger charge is 2.22. The van der Waals surface area contributed by atoms with Gasteiger partial charge in [-0.05, 0) is 48.9 Å². The molecule has 2 heterocycles. The van der Waals surface area contributed by atoms with E-state index >= 15 is 0 Å². The molecule has 1 aromatic heterocycles. The highest BCUT2D eigenvalue weighted by molar-refractivity contribution is 6.30. The van der Waals surface area contributed by atoms with Gasteiger partial charge in [-0.15, -0.1) is 0 Å². The molecule has 3 rings (SSSR count). The zero-order valence-electron chi connectivity index (χ0n) is 14.4. The molecule has 5 nitrogen and oxygen atoms in total. The molecule has 1 aromatic carbocycles. The molecule has 132 valence electrons. The lowest BCUT2D eigenvalue weighted by Gasteiger charge is -2.30. The Bertz CT molecular complexity index is 729. The minimum Gasteiger partial charge on any atom is -0.354 e. The first kappa shape index (κ1) is 17.7. The Kier molecular flexibility index (Phi) is 5.87. The minimum atomic E-state index is -0.00723. The summed E-state index contributed by atoms with van der Waals surface area (Å²) in [5, 5.41) is 3.92. The van der Waals surface area contributed by atoms with Crippen molar-refractivity contribution >= 4 is 23.5 Å². The van der Waals surface area contributed by atoms with Crippen LogP contribution >= 0.6 is 11.6 Å². The van der Waals surface area contributed by atoms with Gasteiger partial charge in [0.15, 0.2) is 0 Å². The molecule has 1 amide bonds. The standard InChI is InChI=1S/C19H23ClN4O/c1-14-7-11-24(12-8-14)18(25)17-6-10-22-19(23-17)21-9-5-15-3-2-4-16(20)13-15/h2-4,6,10,13-14H,5,7-9,11-12H2,1H3,(H,21,22,23). The second kappa shape index (κ2) is 8.30. The number of likely N-dealkylation sites (tertiary alicyclic amines) is 1. The maximum absolute atomic E-state index is 12.6. The molecule has 0 aliphatic carbocycles. The van der Waals surface area contributed by atoms with E-state index < -0.39 is 0 Å². The average molecular weight is 359 g/mol. The van der Waals surface area contributed by atoms with Gasteiger partial charge in [0.1, 0.15) is 5.69 Å². The van der Waals surface area contributed by atoms with Gasteiger partial charge in [-0.25, -0.2) is 9.97 Å². The van der Waals surface area contributed by atoms with E-state index in [0.717, 1.165) is 42.9 Å². The second-order valence-electron chi connectivity index (χ2n) is 6.55. The molecule has 0 unspecified atom stereocenters. The van der Waals surface area contributed by atoms with Gasteiger partial charge in [-0.2, -0.15) is 0 Å². The Balaban J connectivity index is 1.56. The average Bonchev–Trinajstić information content (AvgIpc) is 2.62. The molecule has 0 spiro atoms. The zero-order chi connectivity index (χ0) is 17.6. The van der Waals surface area contributed by atoms with Crippen molar-refractivity contribution < 1.29 is 4.79 Å². The van der Waals surface area contributed by atoms with Crippen LogP contribution in [0.1, 0.15) is 35.8 Å². The molecule has 1 aliphatic heterocycles. The number of aromatic nitrogens is 2. The third kappa shape index (κ3) is 4.92. The number of halogens is 1. The summed E-state index contributed by atoms with van der Waals surface area (Å²) in [5.74, 6) is 1.17. The SMILES string of the molecule is CC1CCN(C(=O)c2ccnc(NCCc3cccc(Cl)c3)n2)CC1. The largest absolute Gasteiger partial charge is 0.354 e. The fourth-order valence-corrected chi connectivity index (χ4v) is 3.16. The van der Waals surface area contributed by atoms with Crippen LogP contribution in [-0.2, 0) is 6.42 Å². The van der Waals surface area contributed by atoms with Crippen molar-refractivity contribution in [3.8, 4) is 0 Å². The van der Waals surface area contributed by atoms with Crippen molar-refractivity contribution in [3.63, 3.8) is 0 Å². The molecule has 1 aliphatic rings. The summed E-state index contributed by atoms with van der Waals surface area (Å²) in [7, 11) is 0. The van der Waals surface area contributed by atoms with E-state index in [0.29, 0.717) is 24.1 Å². The molecule has 0 atom stereocenters. The van der Waals surface area contributed by atoms with Gasteiger partial charge < -0.3 is 10.2 Å². The van der Waals surface area contributed by atoms with E-state index in [4.69, 9.17) is 11.6 Å². The monoisotopic (exact) mass is 358 g/mol. The van der Waals surface area contributed by atoms with Crippen LogP contribution in [0.25, 0.3) is 0 Å². The summed E-state index contributed by atoms with van der Waals surface area (Å²) in [6.07, 6.45) is 4.56. The van der Waals surface area contributed by atoms with Crippen molar-refractivity contribution in [2.45, 2.75) is 26.2 Å². The van der Waals surface area contributed by atoms with Crippen LogP contribution in [0, 0.1) is 5.92 Å². The predicted molar refractivity (Wildman–Crippen MR) is 100.0 cm³/mol. The number of benzene rings is 1. The molecule has 0 saturated carbocycles. The maximum atomic E-state index is 12.6. The zero-order valence-corrected chi connectivity index (χ0v) is 15.2. The first-order valence-corrected chi connectivity index (χ1v) is 9.10. The molecule has 1 N–H and O–H groups in total. The van der Waals surface area contributed by atoms with E-state index in [9.17, 15) is 4.79 Å². The number of piperidine rings is 1. The maximum Gasteiger partial charge on any atom is 0.272 e. The van der Waals surface area contributed by atoms with E-state index in [1.807, 2.05) is 29.2 Å². The summed E-state index contributed by atoms with van der Waals surface area (Å²) in [6, 6.07) is 9.46. The Morgan fingerprint density at radius 2 is 2.12 bits per heavy atom. The van der Waals surface area contributed by atoms with E-state index in [2.05, 4.69) is 22.2 Å². The van der Waals surface area contributed by atoms with Crippen LogP contribution in [0.4, 0.5) is 5.95 Å². The lowest BCUT2D eigenvalue weighted by molar-refractivity contribution is 0.0691. The van der Waals surface area contributed by atoms with E-state index in [-0.39, 0.29) is 5.91 Å². The molecular formula is C19H23ClN4O. The summed E-state index contributed by atoms with van der Waals surface area (Å²) in [4.78, 5) is 23.1. The molecule has 1 fully saturated rings. The Morgan fingerprint density at radius 1 is 1.32 bits per heavy atom. The first-order chi connectivity index (χ1) is 12.1. The van der Waals surface area contributed by atoms with Crippen molar-refractivity contribution in [2.75, 3.05) is 25.0 Å². The quantitative estimate of drug-likeness (QED) is 0.886. The minimum absolute atomic E-state index is 0.00723. The van der Waals surface area contributed by atoms with Crippen LogP contribution in [-0.4, -0.2) is 40.4 Å². The van der Waals surface area contributed by atoms with Gasteiger partial charge in [0, 0.05) is 30.9 Å². The van der Waals surface area contributed by atoms with Gasteiger partial charge >= 0.3 is 0 Å². The van der Waals surface area contributed by atoms with Crippen molar-refractivity contribution in [3.05, 3.63) is 52.8 Å². The number of hydrogen-bond acceptors (Lipinski definition) is 4. The Morgan fingerprint density at radius 3 is 2.88 bits per heavy atom. The van der Waals surface area contributed by atoms with Crippen LogP contribution in [0.5, 0.6) is 0 Å². The molecular weight excluding hydrogens is 336 g/mol.